The normalized spacial score (nSPS) is 14.6. The van der Waals surface area contributed by atoms with Gasteiger partial charge in [-0.1, -0.05) is 182 Å². The molecule has 7 aromatic carbocycles. The third-order valence-electron chi connectivity index (χ3n) is 9.81. The highest BCUT2D eigenvalue weighted by Crippen LogP contribution is 2.34. The standard InChI is InChI=1S/C45H34N4Si/c1-5-18-33(19-6-1)43-46-44(48-45(47-43)49-41-30-15-13-28-39(41)40-29-14-16-31-42(40)49)34-20-17-27-38(32-34)50(35-21-7-2-8-22-35,36-23-9-3-10-24-36)37-25-11-4-12-26-37/h1-32,45H,(H,46,47,48). The van der Waals surface area contributed by atoms with Gasteiger partial charge in [-0.05, 0) is 32.9 Å². The van der Waals surface area contributed by atoms with Gasteiger partial charge >= 0.3 is 0 Å². The van der Waals surface area contributed by atoms with Gasteiger partial charge in [-0.25, -0.2) is 9.98 Å². The monoisotopic (exact) mass is 658 g/mol. The van der Waals surface area contributed by atoms with E-state index >= 15 is 0 Å². The van der Waals surface area contributed by atoms with Crippen LogP contribution in [-0.4, -0.2) is 24.3 Å². The molecule has 0 bridgehead atoms. The maximum Gasteiger partial charge on any atom is 0.224 e. The Morgan fingerprint density at radius 3 is 1.32 bits per heavy atom. The minimum atomic E-state index is -2.74. The number of fused-ring (bicyclic) bond motifs is 3. The van der Waals surface area contributed by atoms with Gasteiger partial charge in [-0.15, -0.1) is 0 Å². The summed E-state index contributed by atoms with van der Waals surface area (Å²) in [6.45, 7) is 0. The Morgan fingerprint density at radius 1 is 0.400 bits per heavy atom. The minimum absolute atomic E-state index is 0.505. The van der Waals surface area contributed by atoms with Crippen molar-refractivity contribution in [2.24, 2.45) is 9.98 Å². The van der Waals surface area contributed by atoms with E-state index in [1.807, 2.05) is 6.07 Å². The maximum absolute atomic E-state index is 5.41. The molecule has 1 aromatic heterocycles. The van der Waals surface area contributed by atoms with E-state index in [0.717, 1.165) is 33.8 Å². The van der Waals surface area contributed by atoms with Gasteiger partial charge in [0.1, 0.15) is 11.7 Å². The minimum Gasteiger partial charge on any atom is -0.324 e. The lowest BCUT2D eigenvalue weighted by atomic mass is 10.1. The molecule has 9 rings (SSSR count). The van der Waals surface area contributed by atoms with Crippen LogP contribution >= 0.6 is 0 Å². The van der Waals surface area contributed by atoms with Gasteiger partial charge in [-0.2, -0.15) is 0 Å². The van der Waals surface area contributed by atoms with Crippen LogP contribution in [0, 0.1) is 0 Å². The van der Waals surface area contributed by atoms with Gasteiger partial charge in [0.15, 0.2) is 8.07 Å². The molecule has 4 nitrogen and oxygen atoms in total. The van der Waals surface area contributed by atoms with Gasteiger partial charge in [0.05, 0.1) is 11.0 Å². The van der Waals surface area contributed by atoms with Gasteiger partial charge in [0.2, 0.25) is 6.29 Å². The molecule has 0 radical (unpaired) electrons. The molecule has 0 spiro atoms. The lowest BCUT2D eigenvalue weighted by Gasteiger charge is -2.34. The van der Waals surface area contributed by atoms with Crippen LogP contribution in [-0.2, 0) is 0 Å². The summed E-state index contributed by atoms with van der Waals surface area (Å²) in [5.41, 5.74) is 4.26. The summed E-state index contributed by atoms with van der Waals surface area (Å²) in [5, 5.41) is 11.4. The summed E-state index contributed by atoms with van der Waals surface area (Å²) < 4.78 is 2.27. The van der Waals surface area contributed by atoms with Gasteiger partial charge in [-0.3, -0.25) is 4.57 Å². The van der Waals surface area contributed by atoms with Crippen LogP contribution in [0.5, 0.6) is 0 Å². The fourth-order valence-corrected chi connectivity index (χ4v) is 12.4. The molecule has 0 amide bonds. The van der Waals surface area contributed by atoms with Crippen LogP contribution in [0.1, 0.15) is 17.4 Å². The topological polar surface area (TPSA) is 41.7 Å². The predicted octanol–water partition coefficient (Wildman–Crippen LogP) is 7.12. The Labute approximate surface area is 292 Å². The molecule has 1 atom stereocenters. The van der Waals surface area contributed by atoms with Crippen LogP contribution in [0.4, 0.5) is 0 Å². The van der Waals surface area contributed by atoms with E-state index in [-0.39, 0.29) is 0 Å². The SMILES string of the molecule is c1ccc(C2=NC(n3c4ccccc4c4ccccc43)N=C(c3cccc([Si](c4ccccc4)(c4ccccc4)c4ccccc4)c3)N2)cc1. The van der Waals surface area contributed by atoms with Crippen molar-refractivity contribution in [3.8, 4) is 0 Å². The van der Waals surface area contributed by atoms with E-state index in [9.17, 15) is 0 Å². The van der Waals surface area contributed by atoms with E-state index in [1.54, 1.807) is 0 Å². The number of aliphatic imine (C=N–C) groups is 2. The molecule has 0 saturated carbocycles. The van der Waals surface area contributed by atoms with Crippen LogP contribution in [0.15, 0.2) is 204 Å². The Hall–Kier alpha value is -6.30. The van der Waals surface area contributed by atoms with E-state index in [1.165, 1.54) is 31.5 Å². The van der Waals surface area contributed by atoms with Crippen molar-refractivity contribution >= 4 is 62.3 Å². The van der Waals surface area contributed by atoms with E-state index in [2.05, 4.69) is 198 Å². The third kappa shape index (κ3) is 4.99. The molecule has 238 valence electrons. The Morgan fingerprint density at radius 2 is 0.800 bits per heavy atom. The van der Waals surface area contributed by atoms with Crippen molar-refractivity contribution < 1.29 is 0 Å². The van der Waals surface area contributed by atoms with Crippen LogP contribution in [0.3, 0.4) is 0 Å². The first-order chi connectivity index (χ1) is 24.8. The molecule has 1 aliphatic heterocycles. The first kappa shape index (κ1) is 29.8. The van der Waals surface area contributed by atoms with Gasteiger partial charge in [0.25, 0.3) is 0 Å². The molecule has 50 heavy (non-hydrogen) atoms. The van der Waals surface area contributed by atoms with Crippen LogP contribution < -0.4 is 26.1 Å². The van der Waals surface area contributed by atoms with Crippen molar-refractivity contribution in [3.63, 3.8) is 0 Å². The summed E-state index contributed by atoms with van der Waals surface area (Å²) in [5.74, 6) is 1.59. The highest BCUT2D eigenvalue weighted by molar-refractivity contribution is 7.19. The fourth-order valence-electron chi connectivity index (χ4n) is 7.61. The summed E-state index contributed by atoms with van der Waals surface area (Å²) >= 11 is 0. The lowest BCUT2D eigenvalue weighted by Crippen LogP contribution is -2.74. The molecule has 0 fully saturated rings. The van der Waals surface area contributed by atoms with Crippen molar-refractivity contribution in [2.45, 2.75) is 6.29 Å². The smallest absolute Gasteiger partial charge is 0.224 e. The number of nitrogens with zero attached hydrogens (tertiary/aromatic N) is 3. The number of aromatic nitrogens is 1. The van der Waals surface area contributed by atoms with Crippen molar-refractivity contribution in [1.29, 1.82) is 0 Å². The number of benzene rings is 7. The molecule has 5 heteroatoms. The lowest BCUT2D eigenvalue weighted by molar-refractivity contribution is 0.575. The van der Waals surface area contributed by atoms with E-state index < -0.39 is 14.4 Å². The second-order valence-corrected chi connectivity index (χ2v) is 16.4. The molecule has 0 saturated heterocycles. The second-order valence-electron chi connectivity index (χ2n) is 12.6. The number of para-hydroxylation sites is 2. The molecular formula is C45H34N4Si. The average Bonchev–Trinajstić information content (AvgIpc) is 3.54. The molecule has 1 unspecified atom stereocenters. The van der Waals surface area contributed by atoms with Gasteiger partial charge < -0.3 is 5.32 Å². The average molecular weight is 659 g/mol. The number of nitrogens with one attached hydrogen (secondary N) is 1. The summed E-state index contributed by atoms with van der Waals surface area (Å²) in [6.07, 6.45) is -0.505. The summed E-state index contributed by atoms with van der Waals surface area (Å²) in [6, 6.07) is 69.6. The van der Waals surface area contributed by atoms with Crippen LogP contribution in [0.2, 0.25) is 0 Å². The number of amidine groups is 2. The summed E-state index contributed by atoms with van der Waals surface area (Å²) in [4.78, 5) is 10.7. The van der Waals surface area contributed by atoms with Crippen molar-refractivity contribution in [2.75, 3.05) is 0 Å². The highest BCUT2D eigenvalue weighted by atomic mass is 28.3. The number of rotatable bonds is 7. The highest BCUT2D eigenvalue weighted by Gasteiger charge is 2.41. The van der Waals surface area contributed by atoms with E-state index in [4.69, 9.17) is 9.98 Å². The zero-order valence-electron chi connectivity index (χ0n) is 27.4. The maximum atomic E-state index is 5.41. The largest absolute Gasteiger partial charge is 0.324 e. The van der Waals surface area contributed by atoms with Gasteiger partial charge in [0, 0.05) is 21.9 Å². The van der Waals surface area contributed by atoms with Crippen molar-refractivity contribution in [1.82, 2.24) is 9.88 Å². The first-order valence-electron chi connectivity index (χ1n) is 17.0. The first-order valence-corrected chi connectivity index (χ1v) is 19.0. The summed E-state index contributed by atoms with van der Waals surface area (Å²) in [7, 11) is -2.74. The predicted molar refractivity (Wildman–Crippen MR) is 211 cm³/mol. The molecule has 8 aromatic rings. The molecule has 2 heterocycles. The Bertz CT molecular complexity index is 2360. The second kappa shape index (κ2) is 12.6. The zero-order valence-corrected chi connectivity index (χ0v) is 28.4. The van der Waals surface area contributed by atoms with Crippen LogP contribution in [0.25, 0.3) is 21.8 Å². The van der Waals surface area contributed by atoms with E-state index in [0.29, 0.717) is 0 Å². The number of hydrogen-bond acceptors (Lipinski definition) is 3. The Balaban J connectivity index is 1.27. The number of hydrogen-bond donors (Lipinski definition) is 1. The Kier molecular flexibility index (Phi) is 7.52. The molecule has 1 aliphatic rings. The fraction of sp³-hybridized carbons (Fsp3) is 0.0222. The molecule has 0 aliphatic carbocycles. The molecular weight excluding hydrogens is 625 g/mol. The van der Waals surface area contributed by atoms with Crippen molar-refractivity contribution in [3.05, 3.63) is 205 Å². The quantitative estimate of drug-likeness (QED) is 0.144. The zero-order chi connectivity index (χ0) is 33.3. The third-order valence-corrected chi connectivity index (χ3v) is 14.6. The molecule has 1 N–H and O–H groups in total.